The molecule has 1 saturated carbocycles. The highest BCUT2D eigenvalue weighted by Crippen LogP contribution is 2.29. The van der Waals surface area contributed by atoms with Gasteiger partial charge in [0.1, 0.15) is 0 Å². The summed E-state index contributed by atoms with van der Waals surface area (Å²) in [6, 6.07) is 2.22. The van der Waals surface area contributed by atoms with Gasteiger partial charge in [-0.2, -0.15) is 5.10 Å². The Morgan fingerprint density at radius 3 is 3.00 bits per heavy atom. The van der Waals surface area contributed by atoms with Gasteiger partial charge in [-0.15, -0.1) is 16.9 Å². The van der Waals surface area contributed by atoms with Crippen LogP contribution < -0.4 is 5.32 Å². The van der Waals surface area contributed by atoms with Crippen LogP contribution in [0.4, 0.5) is 5.82 Å². The van der Waals surface area contributed by atoms with Crippen LogP contribution in [0.5, 0.6) is 0 Å². The average molecular weight is 335 g/mol. The second kappa shape index (κ2) is 7.58. The summed E-state index contributed by atoms with van der Waals surface area (Å²) in [5.41, 5.74) is 0. The van der Waals surface area contributed by atoms with Crippen LogP contribution in [-0.4, -0.2) is 41.6 Å². The Morgan fingerprint density at radius 2 is 2.26 bits per heavy atom. The number of hydrogen-bond acceptors (Lipinski definition) is 6. The first kappa shape index (κ1) is 16.0. The predicted molar refractivity (Wildman–Crippen MR) is 88.0 cm³/mol. The van der Waals surface area contributed by atoms with E-state index in [2.05, 4.69) is 25.9 Å². The van der Waals surface area contributed by atoms with Crippen molar-refractivity contribution in [3.63, 3.8) is 0 Å². The Labute approximate surface area is 139 Å². The summed E-state index contributed by atoms with van der Waals surface area (Å²) in [5.74, 6) is 2.38. The molecule has 1 N–H and O–H groups in total. The van der Waals surface area contributed by atoms with E-state index in [1.54, 1.807) is 10.7 Å². The Bertz CT molecular complexity index is 647. The zero-order valence-corrected chi connectivity index (χ0v) is 14.0. The number of amides is 1. The number of nitrogens with one attached hydrogen (secondary N) is 1. The molecule has 0 aromatic carbocycles. The second-order valence-corrected chi connectivity index (χ2v) is 6.56. The molecule has 1 fully saturated rings. The molecule has 0 unspecified atom stereocenters. The van der Waals surface area contributed by atoms with Crippen LogP contribution in [0, 0.1) is 0 Å². The SMILES string of the molecule is CCn1ccc(NC(=O)CSCc2nnnn2C2CCCC2)n1. The molecule has 0 atom stereocenters. The molecule has 3 rings (SSSR count). The summed E-state index contributed by atoms with van der Waals surface area (Å²) in [5, 5.41) is 19.0. The van der Waals surface area contributed by atoms with Crippen molar-refractivity contribution in [2.75, 3.05) is 11.1 Å². The van der Waals surface area contributed by atoms with Gasteiger partial charge in [0.05, 0.1) is 17.5 Å². The first-order chi connectivity index (χ1) is 11.3. The summed E-state index contributed by atoms with van der Waals surface area (Å²) in [6.45, 7) is 2.79. The van der Waals surface area contributed by atoms with Crippen molar-refractivity contribution < 1.29 is 4.79 Å². The fourth-order valence-electron chi connectivity index (χ4n) is 2.76. The Hall–Kier alpha value is -1.90. The van der Waals surface area contributed by atoms with Gasteiger partial charge in [0.25, 0.3) is 0 Å². The molecule has 9 heteroatoms. The highest BCUT2D eigenvalue weighted by molar-refractivity contribution is 7.99. The minimum atomic E-state index is -0.0590. The molecular weight excluding hydrogens is 314 g/mol. The summed E-state index contributed by atoms with van der Waals surface area (Å²) >= 11 is 1.51. The molecule has 124 valence electrons. The van der Waals surface area contributed by atoms with Crippen molar-refractivity contribution in [3.05, 3.63) is 18.1 Å². The van der Waals surface area contributed by atoms with E-state index in [1.165, 1.54) is 24.6 Å². The predicted octanol–water partition coefficient (Wildman–Crippen LogP) is 1.88. The smallest absolute Gasteiger partial charge is 0.235 e. The van der Waals surface area contributed by atoms with Gasteiger partial charge in [-0.25, -0.2) is 4.68 Å². The standard InChI is InChI=1S/C14H21N7OS/c1-2-20-8-7-12(17-20)15-14(22)10-23-9-13-16-18-19-21(13)11-5-3-4-6-11/h7-8,11H,2-6,9-10H2,1H3,(H,15,17,22). The fourth-order valence-corrected chi connectivity index (χ4v) is 3.49. The van der Waals surface area contributed by atoms with E-state index in [4.69, 9.17) is 0 Å². The number of tetrazole rings is 1. The monoisotopic (exact) mass is 335 g/mol. The maximum Gasteiger partial charge on any atom is 0.235 e. The summed E-state index contributed by atoms with van der Waals surface area (Å²) in [6.07, 6.45) is 6.61. The Morgan fingerprint density at radius 1 is 1.43 bits per heavy atom. The van der Waals surface area contributed by atoms with E-state index in [9.17, 15) is 4.79 Å². The zero-order valence-electron chi connectivity index (χ0n) is 13.2. The lowest BCUT2D eigenvalue weighted by molar-refractivity contribution is -0.113. The Balaban J connectivity index is 1.46. The topological polar surface area (TPSA) is 90.5 Å². The average Bonchev–Trinajstić information content (AvgIpc) is 3.28. The number of hydrogen-bond donors (Lipinski definition) is 1. The maximum absolute atomic E-state index is 11.9. The summed E-state index contributed by atoms with van der Waals surface area (Å²) in [4.78, 5) is 11.9. The van der Waals surface area contributed by atoms with Crippen LogP contribution in [0.2, 0.25) is 0 Å². The molecule has 1 amide bonds. The molecule has 0 saturated heterocycles. The van der Waals surface area contributed by atoms with Crippen LogP contribution in [-0.2, 0) is 17.1 Å². The van der Waals surface area contributed by atoms with Gasteiger partial charge >= 0.3 is 0 Å². The third kappa shape index (κ3) is 4.10. The van der Waals surface area contributed by atoms with Gasteiger partial charge in [0.2, 0.25) is 5.91 Å². The maximum atomic E-state index is 11.9. The third-order valence-electron chi connectivity index (χ3n) is 3.93. The van der Waals surface area contributed by atoms with Crippen LogP contribution >= 0.6 is 11.8 Å². The van der Waals surface area contributed by atoms with Crippen molar-refractivity contribution in [1.82, 2.24) is 30.0 Å². The molecule has 2 aromatic rings. The molecule has 2 aromatic heterocycles. The van der Waals surface area contributed by atoms with E-state index in [0.29, 0.717) is 23.4 Å². The first-order valence-corrected chi connectivity index (χ1v) is 9.09. The molecule has 0 aliphatic heterocycles. The number of aryl methyl sites for hydroxylation is 1. The van der Waals surface area contributed by atoms with Crippen molar-refractivity contribution in [2.45, 2.75) is 50.9 Å². The van der Waals surface area contributed by atoms with Gasteiger partial charge in [-0.05, 0) is 30.2 Å². The number of carbonyl (C=O) groups is 1. The van der Waals surface area contributed by atoms with E-state index < -0.39 is 0 Å². The fraction of sp³-hybridized carbons (Fsp3) is 0.643. The molecule has 1 aliphatic carbocycles. The van der Waals surface area contributed by atoms with Crippen LogP contribution in [0.3, 0.4) is 0 Å². The van der Waals surface area contributed by atoms with Gasteiger partial charge < -0.3 is 5.32 Å². The molecule has 23 heavy (non-hydrogen) atoms. The molecule has 2 heterocycles. The van der Waals surface area contributed by atoms with E-state index in [0.717, 1.165) is 25.2 Å². The quantitative estimate of drug-likeness (QED) is 0.831. The molecule has 8 nitrogen and oxygen atoms in total. The van der Waals surface area contributed by atoms with E-state index >= 15 is 0 Å². The second-order valence-electron chi connectivity index (χ2n) is 5.58. The van der Waals surface area contributed by atoms with Crippen molar-refractivity contribution in [3.8, 4) is 0 Å². The lowest BCUT2D eigenvalue weighted by Gasteiger charge is -2.10. The highest BCUT2D eigenvalue weighted by Gasteiger charge is 2.21. The van der Waals surface area contributed by atoms with Gasteiger partial charge in [0, 0.05) is 18.8 Å². The zero-order chi connectivity index (χ0) is 16.1. The van der Waals surface area contributed by atoms with Gasteiger partial charge in [-0.3, -0.25) is 9.48 Å². The lowest BCUT2D eigenvalue weighted by Crippen LogP contribution is -2.16. The minimum Gasteiger partial charge on any atom is -0.308 e. The Kier molecular flexibility index (Phi) is 5.27. The van der Waals surface area contributed by atoms with Crippen molar-refractivity contribution in [1.29, 1.82) is 0 Å². The number of thioether (sulfide) groups is 1. The molecule has 0 bridgehead atoms. The molecular formula is C14H21N7OS. The van der Waals surface area contributed by atoms with E-state index in [1.807, 2.05) is 17.8 Å². The summed E-state index contributed by atoms with van der Waals surface area (Å²) in [7, 11) is 0. The van der Waals surface area contributed by atoms with Crippen molar-refractivity contribution >= 4 is 23.5 Å². The number of carbonyl (C=O) groups excluding carboxylic acids is 1. The van der Waals surface area contributed by atoms with Crippen LogP contribution in [0.1, 0.15) is 44.5 Å². The molecule has 0 radical (unpaired) electrons. The highest BCUT2D eigenvalue weighted by atomic mass is 32.2. The minimum absolute atomic E-state index is 0.0590. The molecule has 1 aliphatic rings. The van der Waals surface area contributed by atoms with Crippen LogP contribution in [0.25, 0.3) is 0 Å². The normalized spacial score (nSPS) is 15.2. The molecule has 0 spiro atoms. The van der Waals surface area contributed by atoms with Crippen LogP contribution in [0.15, 0.2) is 12.3 Å². The number of aromatic nitrogens is 6. The van der Waals surface area contributed by atoms with Gasteiger partial charge in [0.15, 0.2) is 11.6 Å². The lowest BCUT2D eigenvalue weighted by atomic mass is 10.2. The number of rotatable bonds is 7. The number of nitrogens with zero attached hydrogens (tertiary/aromatic N) is 6. The number of anilines is 1. The van der Waals surface area contributed by atoms with E-state index in [-0.39, 0.29) is 5.91 Å². The first-order valence-electron chi connectivity index (χ1n) is 7.94. The van der Waals surface area contributed by atoms with Crippen molar-refractivity contribution in [2.24, 2.45) is 0 Å². The summed E-state index contributed by atoms with van der Waals surface area (Å²) < 4.78 is 3.71. The third-order valence-corrected chi connectivity index (χ3v) is 4.86. The van der Waals surface area contributed by atoms with Gasteiger partial charge in [-0.1, -0.05) is 12.8 Å². The largest absolute Gasteiger partial charge is 0.308 e.